The SMILES string of the molecule is O=C(O)CCCC(=O)N1CCN2C(=O)[C@H](Cc3ccccc3)NC(=O)[C@@H]2C1. The predicted octanol–water partition coefficient (Wildman–Crippen LogP) is 0.0218. The number of hydrogen-bond donors (Lipinski definition) is 2. The summed E-state index contributed by atoms with van der Waals surface area (Å²) in [7, 11) is 0. The van der Waals surface area contributed by atoms with Crippen molar-refractivity contribution in [2.45, 2.75) is 37.8 Å². The summed E-state index contributed by atoms with van der Waals surface area (Å²) in [6.07, 6.45) is 0.774. The smallest absolute Gasteiger partial charge is 0.303 e. The van der Waals surface area contributed by atoms with E-state index < -0.39 is 18.1 Å². The monoisotopic (exact) mass is 373 g/mol. The second kappa shape index (κ2) is 8.20. The molecule has 0 saturated carbocycles. The molecular weight excluding hydrogens is 350 g/mol. The molecule has 3 rings (SSSR count). The van der Waals surface area contributed by atoms with E-state index in [0.29, 0.717) is 19.5 Å². The highest BCUT2D eigenvalue weighted by Gasteiger charge is 2.44. The van der Waals surface area contributed by atoms with Gasteiger partial charge in [0.1, 0.15) is 12.1 Å². The Labute approximate surface area is 157 Å². The van der Waals surface area contributed by atoms with Crippen molar-refractivity contribution in [2.75, 3.05) is 19.6 Å². The first-order chi connectivity index (χ1) is 13.0. The van der Waals surface area contributed by atoms with E-state index in [0.717, 1.165) is 5.56 Å². The minimum atomic E-state index is -0.936. The fourth-order valence-corrected chi connectivity index (χ4v) is 3.56. The van der Waals surface area contributed by atoms with Crippen LogP contribution >= 0.6 is 0 Å². The standard InChI is InChI=1S/C19H23N3O5/c23-16(7-4-8-17(24)25)21-9-10-22-15(12-21)18(26)20-14(19(22)27)11-13-5-2-1-3-6-13/h1-3,5-6,14-15H,4,7-12H2,(H,20,26)(H,24,25)/t14-,15-/m0/s1. The van der Waals surface area contributed by atoms with Gasteiger partial charge in [0.2, 0.25) is 17.7 Å². The van der Waals surface area contributed by atoms with E-state index in [1.54, 1.807) is 9.80 Å². The lowest BCUT2D eigenvalue weighted by atomic mass is 9.98. The van der Waals surface area contributed by atoms with Gasteiger partial charge in [-0.15, -0.1) is 0 Å². The lowest BCUT2D eigenvalue weighted by Gasteiger charge is -2.45. The van der Waals surface area contributed by atoms with Gasteiger partial charge in [-0.05, 0) is 12.0 Å². The Morgan fingerprint density at radius 1 is 1.11 bits per heavy atom. The number of carboxylic acid groups (broad SMARTS) is 1. The lowest BCUT2D eigenvalue weighted by Crippen LogP contribution is -2.70. The van der Waals surface area contributed by atoms with E-state index in [-0.39, 0.29) is 43.5 Å². The van der Waals surface area contributed by atoms with Gasteiger partial charge in [0, 0.05) is 32.4 Å². The van der Waals surface area contributed by atoms with Crippen LogP contribution in [0.3, 0.4) is 0 Å². The zero-order chi connectivity index (χ0) is 19.4. The lowest BCUT2D eigenvalue weighted by molar-refractivity contribution is -0.155. The molecule has 0 aromatic heterocycles. The molecule has 8 heteroatoms. The summed E-state index contributed by atoms with van der Waals surface area (Å²) in [4.78, 5) is 51.2. The van der Waals surface area contributed by atoms with Crippen LogP contribution in [0, 0.1) is 0 Å². The van der Waals surface area contributed by atoms with Crippen molar-refractivity contribution < 1.29 is 24.3 Å². The Kier molecular flexibility index (Phi) is 5.73. The highest BCUT2D eigenvalue weighted by molar-refractivity contribution is 5.98. The second-order valence-electron chi connectivity index (χ2n) is 6.89. The Bertz CT molecular complexity index is 736. The van der Waals surface area contributed by atoms with Crippen molar-refractivity contribution in [3.8, 4) is 0 Å². The molecule has 0 unspecified atom stereocenters. The molecule has 2 aliphatic rings. The van der Waals surface area contributed by atoms with Crippen LogP contribution in [0.1, 0.15) is 24.8 Å². The Morgan fingerprint density at radius 2 is 1.85 bits per heavy atom. The van der Waals surface area contributed by atoms with Crippen molar-refractivity contribution in [3.05, 3.63) is 35.9 Å². The number of carboxylic acids is 1. The van der Waals surface area contributed by atoms with Gasteiger partial charge in [-0.1, -0.05) is 30.3 Å². The minimum absolute atomic E-state index is 0.0602. The molecule has 0 bridgehead atoms. The topological polar surface area (TPSA) is 107 Å². The number of piperazine rings is 2. The third-order valence-electron chi connectivity index (χ3n) is 5.00. The van der Waals surface area contributed by atoms with Gasteiger partial charge in [0.05, 0.1) is 6.54 Å². The van der Waals surface area contributed by atoms with Gasteiger partial charge in [-0.3, -0.25) is 19.2 Å². The quantitative estimate of drug-likeness (QED) is 0.731. The molecule has 3 amide bonds. The van der Waals surface area contributed by atoms with Crippen molar-refractivity contribution in [3.63, 3.8) is 0 Å². The van der Waals surface area contributed by atoms with E-state index in [4.69, 9.17) is 5.11 Å². The predicted molar refractivity (Wildman–Crippen MR) is 95.6 cm³/mol. The minimum Gasteiger partial charge on any atom is -0.481 e. The van der Waals surface area contributed by atoms with Crippen LogP contribution in [0.25, 0.3) is 0 Å². The first-order valence-corrected chi connectivity index (χ1v) is 9.10. The first kappa shape index (κ1) is 18.9. The van der Waals surface area contributed by atoms with Crippen LogP contribution in [0.4, 0.5) is 0 Å². The highest BCUT2D eigenvalue weighted by atomic mass is 16.4. The average Bonchev–Trinajstić information content (AvgIpc) is 2.66. The number of fused-ring (bicyclic) bond motifs is 1. The molecule has 8 nitrogen and oxygen atoms in total. The summed E-state index contributed by atoms with van der Waals surface area (Å²) in [6.45, 7) is 0.827. The van der Waals surface area contributed by atoms with Crippen LogP contribution in [-0.4, -0.2) is 70.3 Å². The molecule has 1 aromatic rings. The van der Waals surface area contributed by atoms with Crippen LogP contribution in [0.2, 0.25) is 0 Å². The van der Waals surface area contributed by atoms with Gasteiger partial charge in [0.25, 0.3) is 0 Å². The Hall–Kier alpha value is -2.90. The van der Waals surface area contributed by atoms with Crippen molar-refractivity contribution >= 4 is 23.7 Å². The first-order valence-electron chi connectivity index (χ1n) is 9.10. The fraction of sp³-hybridized carbons (Fsp3) is 0.474. The molecule has 2 atom stereocenters. The molecule has 2 fully saturated rings. The molecule has 2 N–H and O–H groups in total. The summed E-state index contributed by atoms with van der Waals surface area (Å²) in [6, 6.07) is 8.24. The number of aliphatic carboxylic acids is 1. The molecule has 1 aromatic carbocycles. The van der Waals surface area contributed by atoms with Gasteiger partial charge < -0.3 is 20.2 Å². The zero-order valence-corrected chi connectivity index (χ0v) is 15.0. The van der Waals surface area contributed by atoms with Crippen LogP contribution < -0.4 is 5.32 Å². The van der Waals surface area contributed by atoms with E-state index in [1.807, 2.05) is 30.3 Å². The molecule has 0 aliphatic carbocycles. The van der Waals surface area contributed by atoms with E-state index in [9.17, 15) is 19.2 Å². The average molecular weight is 373 g/mol. The van der Waals surface area contributed by atoms with Crippen LogP contribution in [0.5, 0.6) is 0 Å². The molecule has 0 radical (unpaired) electrons. The van der Waals surface area contributed by atoms with Crippen molar-refractivity contribution in [1.82, 2.24) is 15.1 Å². The molecule has 144 valence electrons. The number of benzene rings is 1. The summed E-state index contributed by atoms with van der Waals surface area (Å²) < 4.78 is 0. The summed E-state index contributed by atoms with van der Waals surface area (Å²) >= 11 is 0. The zero-order valence-electron chi connectivity index (χ0n) is 15.0. The van der Waals surface area contributed by atoms with Gasteiger partial charge in [-0.25, -0.2) is 0 Å². The fourth-order valence-electron chi connectivity index (χ4n) is 3.56. The largest absolute Gasteiger partial charge is 0.481 e. The molecule has 0 spiro atoms. The molecule has 2 saturated heterocycles. The van der Waals surface area contributed by atoms with Crippen LogP contribution in [-0.2, 0) is 25.6 Å². The maximum absolute atomic E-state index is 12.8. The number of rotatable bonds is 6. The van der Waals surface area contributed by atoms with E-state index in [1.165, 1.54) is 0 Å². The number of nitrogens with zero attached hydrogens (tertiary/aromatic N) is 2. The summed E-state index contributed by atoms with van der Waals surface area (Å²) in [5.74, 6) is -1.49. The number of hydrogen-bond acceptors (Lipinski definition) is 4. The molecular formula is C19H23N3O5. The Balaban J connectivity index is 1.59. The highest BCUT2D eigenvalue weighted by Crippen LogP contribution is 2.19. The number of carbonyl (C=O) groups excluding carboxylic acids is 3. The third-order valence-corrected chi connectivity index (χ3v) is 5.00. The molecule has 2 aliphatic heterocycles. The van der Waals surface area contributed by atoms with E-state index >= 15 is 0 Å². The molecule has 27 heavy (non-hydrogen) atoms. The van der Waals surface area contributed by atoms with Crippen LogP contribution in [0.15, 0.2) is 30.3 Å². The maximum Gasteiger partial charge on any atom is 0.303 e. The second-order valence-corrected chi connectivity index (χ2v) is 6.89. The van der Waals surface area contributed by atoms with Gasteiger partial charge in [0.15, 0.2) is 0 Å². The number of amides is 3. The summed E-state index contributed by atoms with van der Waals surface area (Å²) in [5.41, 5.74) is 0.974. The summed E-state index contributed by atoms with van der Waals surface area (Å²) in [5, 5.41) is 11.4. The molecule has 2 heterocycles. The van der Waals surface area contributed by atoms with E-state index in [2.05, 4.69) is 5.32 Å². The maximum atomic E-state index is 12.8. The van der Waals surface area contributed by atoms with Crippen molar-refractivity contribution in [1.29, 1.82) is 0 Å². The van der Waals surface area contributed by atoms with Crippen molar-refractivity contribution in [2.24, 2.45) is 0 Å². The van der Waals surface area contributed by atoms with Gasteiger partial charge in [-0.2, -0.15) is 0 Å². The third kappa shape index (κ3) is 4.45. The number of carbonyl (C=O) groups is 4. The van der Waals surface area contributed by atoms with Gasteiger partial charge >= 0.3 is 5.97 Å². The Morgan fingerprint density at radius 3 is 2.56 bits per heavy atom. The normalized spacial score (nSPS) is 22.2. The number of nitrogens with one attached hydrogen (secondary N) is 1.